The molecule has 0 saturated carbocycles. The molecular weight excluding hydrogens is 1110 g/mol. The first-order valence-electron chi connectivity index (χ1n) is 22.5. The Balaban J connectivity index is 1.14. The third kappa shape index (κ3) is 12.9. The van der Waals surface area contributed by atoms with Crippen LogP contribution in [-0.2, 0) is 73.7 Å². The maximum Gasteiger partial charge on any atom is 0.534 e. The number of aromatic nitrogens is 3. The first kappa shape index (κ1) is 57.3. The van der Waals surface area contributed by atoms with E-state index in [9.17, 15) is 68.4 Å². The standard InChI is InChI=1S/C44H45N11O19S4/c1-42(2,36(63)64)71-41(69)72-53-40-46-21(17-78-40)24(52-74-44(5,6)38(67)68)28(56)47-25(31-49-22-19(15-75-31)13-70-35(22)62)30(58)50-39-45-20(16-77-39)23(51-73-43(3,4)37(65)66)29(57)48-26-32(59)55-27(34(60)61)18(14-76-33(26)55)12-54-10-8-7-9-11-54/h7-11,16-17,25-26,31,33,49H,12-15H2,1-6H3,(H7-,45,46,47,48,50,53,56,57,58,60,61,63,64,65,66,67,68)/p+1/b51-23-,52-24-/t25?,26-,31?,33-/m1/s1. The number of carbonyl (C=O) groups is 10. The van der Waals surface area contributed by atoms with Crippen LogP contribution in [0.1, 0.15) is 52.9 Å². The maximum absolute atomic E-state index is 14.5. The fourth-order valence-corrected chi connectivity index (χ4v) is 10.6. The molecule has 3 aromatic rings. The molecule has 0 aromatic carbocycles. The zero-order chi connectivity index (χ0) is 57.0. The van der Waals surface area contributed by atoms with Gasteiger partial charge >= 0.3 is 36.0 Å². The van der Waals surface area contributed by atoms with Gasteiger partial charge in [0.15, 0.2) is 35.5 Å². The van der Waals surface area contributed by atoms with Crippen molar-refractivity contribution in [3.8, 4) is 0 Å². The van der Waals surface area contributed by atoms with Crippen molar-refractivity contribution in [3.05, 3.63) is 75.3 Å². The molecule has 0 spiro atoms. The number of oxime groups is 2. The summed E-state index contributed by atoms with van der Waals surface area (Å²) >= 11 is 3.67. The van der Waals surface area contributed by atoms with Crippen molar-refractivity contribution in [2.45, 2.75) is 87.7 Å². The number of ether oxygens (including phenoxy) is 2. The molecule has 30 nitrogen and oxygen atoms in total. The third-order valence-electron chi connectivity index (χ3n) is 11.2. The van der Waals surface area contributed by atoms with Gasteiger partial charge in [0.1, 0.15) is 52.2 Å². The Bertz CT molecular complexity index is 3120. The molecule has 1 saturated heterocycles. The highest BCUT2D eigenvalue weighted by Crippen LogP contribution is 2.40. The van der Waals surface area contributed by atoms with Crippen molar-refractivity contribution in [1.29, 1.82) is 0 Å². The number of rotatable bonds is 22. The predicted octanol–water partition coefficient (Wildman–Crippen LogP) is 0.434. The van der Waals surface area contributed by atoms with Crippen LogP contribution in [0.25, 0.3) is 0 Å². The summed E-state index contributed by atoms with van der Waals surface area (Å²) in [5.41, 5.74) is -5.27. The number of fused-ring (bicyclic) bond motifs is 1. The fourth-order valence-electron chi connectivity index (χ4n) is 6.75. The number of thioether (sulfide) groups is 2. The number of carboxylic acid groups (broad SMARTS) is 4. The lowest BCUT2D eigenvalue weighted by Crippen LogP contribution is -2.71. The Morgan fingerprint density at radius 3 is 2.01 bits per heavy atom. The number of hydrogen-bond donors (Lipinski definition) is 9. The number of pyridine rings is 1. The van der Waals surface area contributed by atoms with Gasteiger partial charge in [-0.25, -0.2) is 43.3 Å². The first-order chi connectivity index (χ1) is 36.7. The van der Waals surface area contributed by atoms with E-state index in [1.54, 1.807) is 35.2 Å². The largest absolute Gasteiger partial charge is 0.534 e. The lowest BCUT2D eigenvalue weighted by Gasteiger charge is -2.49. The third-order valence-corrected chi connectivity index (χ3v) is 15.3. The molecule has 414 valence electrons. The van der Waals surface area contributed by atoms with Gasteiger partial charge in [-0.1, -0.05) is 16.4 Å². The van der Waals surface area contributed by atoms with Crippen LogP contribution in [0, 0.1) is 0 Å². The highest BCUT2D eigenvalue weighted by molar-refractivity contribution is 8.00. The number of carbonyl (C=O) groups excluding carboxylic acids is 6. The zero-order valence-corrected chi connectivity index (χ0v) is 44.7. The van der Waals surface area contributed by atoms with Crippen LogP contribution in [0.4, 0.5) is 15.1 Å². The highest BCUT2D eigenvalue weighted by Gasteiger charge is 2.55. The van der Waals surface area contributed by atoms with Crippen LogP contribution < -0.4 is 31.3 Å². The molecule has 3 aromatic heterocycles. The van der Waals surface area contributed by atoms with Gasteiger partial charge in [-0.2, -0.15) is 5.48 Å². The van der Waals surface area contributed by atoms with Crippen molar-refractivity contribution in [3.63, 3.8) is 0 Å². The average molecular weight is 1160 g/mol. The van der Waals surface area contributed by atoms with E-state index in [2.05, 4.69) is 47.0 Å². The summed E-state index contributed by atoms with van der Waals surface area (Å²) in [5.74, 6) is -10.4. The number of thiazole rings is 2. The normalized spacial score (nSPS) is 18.9. The van der Waals surface area contributed by atoms with E-state index >= 15 is 0 Å². The summed E-state index contributed by atoms with van der Waals surface area (Å²) in [6.45, 7) is 6.76. The minimum Gasteiger partial charge on any atom is -0.478 e. The number of hydrogen-bond acceptors (Lipinski definition) is 25. The minimum absolute atomic E-state index is 0.0147. The van der Waals surface area contributed by atoms with Crippen LogP contribution >= 0.6 is 46.2 Å². The summed E-state index contributed by atoms with van der Waals surface area (Å²) < 4.78 is 11.6. The van der Waals surface area contributed by atoms with E-state index in [1.807, 2.05) is 0 Å². The number of nitrogens with zero attached hydrogens (tertiary/aromatic N) is 6. The molecule has 9 N–H and O–H groups in total. The Hall–Kier alpha value is -8.37. The Kier molecular flexibility index (Phi) is 17.0. The number of nitrogens with one attached hydrogen (secondary N) is 5. The van der Waals surface area contributed by atoms with Crippen LogP contribution in [0.3, 0.4) is 0 Å². The lowest BCUT2D eigenvalue weighted by atomic mass is 10.0. The molecule has 0 radical (unpaired) electrons. The molecule has 2 unspecified atom stereocenters. The minimum atomic E-state index is -2.05. The molecule has 78 heavy (non-hydrogen) atoms. The van der Waals surface area contributed by atoms with Crippen LogP contribution in [0.2, 0.25) is 0 Å². The SMILES string of the molecule is CC(C)(O/N=C(\C(=O)NC(C(=O)Nc1nc(/C(=N/OC(C)(C)C(=O)O)C(=O)N[C@@H]2C(=O)N3C(C(=O)O)=C(C[n+]4ccccc4)CS[C@H]23)cs1)C1NC2=C(COC2=O)CS1)c1csc(NOC(=O)OC(C)(C)C(=O)O)n1)C(=O)O. The fraction of sp³-hybridized carbons (Fsp3) is 0.386. The average Bonchev–Trinajstić information content (AvgIpc) is 4.25. The Morgan fingerprint density at radius 1 is 0.821 bits per heavy atom. The summed E-state index contributed by atoms with van der Waals surface area (Å²) in [6, 6.07) is 2.28. The number of esters is 1. The van der Waals surface area contributed by atoms with Crippen molar-refractivity contribution in [2.24, 2.45) is 10.3 Å². The topological polar surface area (TPSA) is 416 Å². The van der Waals surface area contributed by atoms with Gasteiger partial charge in [-0.05, 0) is 41.5 Å². The molecule has 1 fully saturated rings. The second-order valence-corrected chi connectivity index (χ2v) is 22.1. The number of carboxylic acids is 4. The second kappa shape index (κ2) is 23.1. The second-order valence-electron chi connectivity index (χ2n) is 18.2. The molecule has 0 bridgehead atoms. The zero-order valence-electron chi connectivity index (χ0n) is 41.4. The molecule has 4 aliphatic rings. The first-order valence-corrected chi connectivity index (χ1v) is 26.4. The lowest BCUT2D eigenvalue weighted by molar-refractivity contribution is -0.689. The smallest absolute Gasteiger partial charge is 0.478 e. The van der Waals surface area contributed by atoms with Gasteiger partial charge in [0.25, 0.3) is 23.6 Å². The van der Waals surface area contributed by atoms with E-state index in [1.165, 1.54) is 22.5 Å². The Morgan fingerprint density at radius 2 is 1.41 bits per heavy atom. The highest BCUT2D eigenvalue weighted by atomic mass is 32.2. The van der Waals surface area contributed by atoms with Crippen LogP contribution in [-0.4, -0.2) is 164 Å². The van der Waals surface area contributed by atoms with Gasteiger partial charge < -0.3 is 65.7 Å². The molecule has 0 aliphatic carbocycles. The van der Waals surface area contributed by atoms with E-state index in [4.69, 9.17) is 24.0 Å². The summed E-state index contributed by atoms with van der Waals surface area (Å²) in [7, 11) is 0. The van der Waals surface area contributed by atoms with Crippen molar-refractivity contribution in [1.82, 2.24) is 30.8 Å². The molecule has 7 heterocycles. The van der Waals surface area contributed by atoms with Gasteiger partial charge in [-0.3, -0.25) is 24.1 Å². The molecule has 34 heteroatoms. The summed E-state index contributed by atoms with van der Waals surface area (Å²) in [4.78, 5) is 154. The molecule has 4 amide bonds. The van der Waals surface area contributed by atoms with E-state index in [-0.39, 0.29) is 57.7 Å². The Labute approximate surface area is 455 Å². The van der Waals surface area contributed by atoms with E-state index in [0.29, 0.717) is 33.8 Å². The van der Waals surface area contributed by atoms with Crippen LogP contribution in [0.5, 0.6) is 0 Å². The predicted molar refractivity (Wildman–Crippen MR) is 270 cm³/mol. The maximum atomic E-state index is 14.5. The van der Waals surface area contributed by atoms with Crippen molar-refractivity contribution in [2.75, 3.05) is 28.9 Å². The summed E-state index contributed by atoms with van der Waals surface area (Å²) in [5, 5.41) is 56.8. The number of amides is 4. The van der Waals surface area contributed by atoms with Gasteiger partial charge in [0.05, 0.1) is 0 Å². The van der Waals surface area contributed by atoms with Gasteiger partial charge in [-0.15, -0.1) is 46.2 Å². The summed E-state index contributed by atoms with van der Waals surface area (Å²) in [6.07, 6.45) is 1.98. The number of β-lactam (4-membered cyclic amide) rings is 1. The monoisotopic (exact) mass is 1160 g/mol. The quantitative estimate of drug-likeness (QED) is 0.0217. The van der Waals surface area contributed by atoms with E-state index < -0.39 is 111 Å². The molecule has 7 rings (SSSR count). The number of anilines is 2. The van der Waals surface area contributed by atoms with Crippen molar-refractivity contribution < 1.29 is 96.9 Å². The van der Waals surface area contributed by atoms with Crippen molar-refractivity contribution >= 4 is 128 Å². The van der Waals surface area contributed by atoms with Crippen LogP contribution in [0.15, 0.2) is 74.2 Å². The van der Waals surface area contributed by atoms with Gasteiger partial charge in [0, 0.05) is 45.5 Å². The number of cyclic esters (lactones) is 1. The number of aliphatic carboxylic acids is 4. The van der Waals surface area contributed by atoms with Gasteiger partial charge in [0.2, 0.25) is 21.9 Å². The molecule has 4 atom stereocenters. The van der Waals surface area contributed by atoms with E-state index in [0.717, 1.165) is 58.2 Å². The molecular formula is C44H46N11O19S4+. The molecule has 4 aliphatic heterocycles.